The largest absolute Gasteiger partial charge is 0.490 e. The number of ether oxygens (including phenoxy) is 2. The van der Waals surface area contributed by atoms with Crippen LogP contribution in [0.5, 0.6) is 11.5 Å². The van der Waals surface area contributed by atoms with E-state index in [0.29, 0.717) is 39.7 Å². The summed E-state index contributed by atoms with van der Waals surface area (Å²) in [7, 11) is 0. The Kier molecular flexibility index (Phi) is 8.13. The van der Waals surface area contributed by atoms with Gasteiger partial charge in [-0.1, -0.05) is 46.9 Å². The SMILES string of the molecule is CCOc1cc(CNc2cc(C(=O)O)ccc2C)c(Cl)cc1OCc1ccc(Cl)cc1Cl. The van der Waals surface area contributed by atoms with Crippen LogP contribution in [0.2, 0.25) is 15.1 Å². The molecular weight excluding hydrogens is 473 g/mol. The molecule has 32 heavy (non-hydrogen) atoms. The normalized spacial score (nSPS) is 10.7. The molecule has 5 nitrogen and oxygen atoms in total. The van der Waals surface area contributed by atoms with Crippen LogP contribution < -0.4 is 14.8 Å². The van der Waals surface area contributed by atoms with Gasteiger partial charge in [0.2, 0.25) is 0 Å². The molecule has 0 bridgehead atoms. The second kappa shape index (κ2) is 10.8. The quantitative estimate of drug-likeness (QED) is 0.328. The molecule has 3 aromatic rings. The number of carbonyl (C=O) groups is 1. The number of carboxylic acid groups (broad SMARTS) is 1. The number of aryl methyl sites for hydroxylation is 1. The molecule has 0 aromatic heterocycles. The highest BCUT2D eigenvalue weighted by Crippen LogP contribution is 2.35. The van der Waals surface area contributed by atoms with Crippen LogP contribution in [-0.4, -0.2) is 17.7 Å². The van der Waals surface area contributed by atoms with Crippen LogP contribution in [0, 0.1) is 6.92 Å². The second-order valence-electron chi connectivity index (χ2n) is 7.04. The van der Waals surface area contributed by atoms with E-state index in [9.17, 15) is 9.90 Å². The zero-order valence-electron chi connectivity index (χ0n) is 17.5. The van der Waals surface area contributed by atoms with Crippen molar-refractivity contribution in [3.8, 4) is 11.5 Å². The molecule has 0 aliphatic carbocycles. The summed E-state index contributed by atoms with van der Waals surface area (Å²) < 4.78 is 11.7. The summed E-state index contributed by atoms with van der Waals surface area (Å²) in [4.78, 5) is 11.3. The first-order valence-electron chi connectivity index (χ1n) is 9.88. The maximum absolute atomic E-state index is 11.3. The van der Waals surface area contributed by atoms with E-state index in [2.05, 4.69) is 5.32 Å². The molecule has 168 valence electrons. The molecule has 2 N–H and O–H groups in total. The van der Waals surface area contributed by atoms with Crippen LogP contribution in [0.25, 0.3) is 0 Å². The number of aromatic carboxylic acids is 1. The maximum atomic E-state index is 11.3. The van der Waals surface area contributed by atoms with E-state index in [1.165, 1.54) is 0 Å². The van der Waals surface area contributed by atoms with Gasteiger partial charge in [-0.3, -0.25) is 0 Å². The van der Waals surface area contributed by atoms with Crippen molar-refractivity contribution in [3.05, 3.63) is 85.9 Å². The van der Waals surface area contributed by atoms with Gasteiger partial charge in [-0.25, -0.2) is 4.79 Å². The zero-order chi connectivity index (χ0) is 23.3. The van der Waals surface area contributed by atoms with Gasteiger partial charge in [0.05, 0.1) is 12.2 Å². The van der Waals surface area contributed by atoms with Crippen molar-refractivity contribution in [2.24, 2.45) is 0 Å². The van der Waals surface area contributed by atoms with Crippen LogP contribution in [0.4, 0.5) is 5.69 Å². The first-order chi connectivity index (χ1) is 15.3. The van der Waals surface area contributed by atoms with E-state index < -0.39 is 5.97 Å². The van der Waals surface area contributed by atoms with Crippen molar-refractivity contribution in [3.63, 3.8) is 0 Å². The maximum Gasteiger partial charge on any atom is 0.335 e. The fraction of sp³-hybridized carbons (Fsp3) is 0.208. The highest BCUT2D eigenvalue weighted by Gasteiger charge is 2.13. The molecule has 0 spiro atoms. The topological polar surface area (TPSA) is 67.8 Å². The Bertz CT molecular complexity index is 1130. The van der Waals surface area contributed by atoms with E-state index in [1.54, 1.807) is 42.5 Å². The Balaban J connectivity index is 1.79. The molecule has 0 saturated heterocycles. The molecule has 3 aromatic carbocycles. The van der Waals surface area contributed by atoms with Crippen LogP contribution >= 0.6 is 34.8 Å². The van der Waals surface area contributed by atoms with Gasteiger partial charge in [-0.15, -0.1) is 0 Å². The summed E-state index contributed by atoms with van der Waals surface area (Å²) in [6.45, 7) is 4.84. The summed E-state index contributed by atoms with van der Waals surface area (Å²) in [6, 6.07) is 13.7. The van der Waals surface area contributed by atoms with Gasteiger partial charge in [-0.2, -0.15) is 0 Å². The number of halogens is 3. The minimum absolute atomic E-state index is 0.212. The van der Waals surface area contributed by atoms with Gasteiger partial charge in [0.25, 0.3) is 0 Å². The van der Waals surface area contributed by atoms with Gasteiger partial charge in [-0.05, 0) is 55.3 Å². The molecule has 0 atom stereocenters. The molecule has 0 aliphatic rings. The summed E-state index contributed by atoms with van der Waals surface area (Å²) >= 11 is 18.7. The smallest absolute Gasteiger partial charge is 0.335 e. The number of rotatable bonds is 9. The minimum Gasteiger partial charge on any atom is -0.490 e. The molecule has 3 rings (SSSR count). The number of nitrogens with one attached hydrogen (secondary N) is 1. The van der Waals surface area contributed by atoms with E-state index in [1.807, 2.05) is 19.9 Å². The predicted octanol–water partition coefficient (Wildman–Crippen LogP) is 7.24. The molecular formula is C24H22Cl3NO4. The number of carboxylic acids is 1. The summed E-state index contributed by atoms with van der Waals surface area (Å²) in [5.41, 5.74) is 3.43. The number of anilines is 1. The van der Waals surface area contributed by atoms with Crippen LogP contribution in [0.3, 0.4) is 0 Å². The molecule has 0 radical (unpaired) electrons. The lowest BCUT2D eigenvalue weighted by Gasteiger charge is -2.17. The molecule has 0 heterocycles. The van der Waals surface area contributed by atoms with E-state index >= 15 is 0 Å². The third-order valence-electron chi connectivity index (χ3n) is 4.76. The lowest BCUT2D eigenvalue weighted by Crippen LogP contribution is -2.06. The van der Waals surface area contributed by atoms with E-state index in [0.717, 1.165) is 22.4 Å². The lowest BCUT2D eigenvalue weighted by molar-refractivity contribution is 0.0697. The average molecular weight is 495 g/mol. The minimum atomic E-state index is -0.980. The van der Waals surface area contributed by atoms with E-state index in [-0.39, 0.29) is 12.2 Å². The number of hydrogen-bond acceptors (Lipinski definition) is 4. The first kappa shape index (κ1) is 24.1. The Labute approximate surface area is 201 Å². The third-order valence-corrected chi connectivity index (χ3v) is 5.70. The van der Waals surface area contributed by atoms with Gasteiger partial charge < -0.3 is 19.9 Å². The van der Waals surface area contributed by atoms with Gasteiger partial charge in [0.1, 0.15) is 6.61 Å². The summed E-state index contributed by atoms with van der Waals surface area (Å²) in [5, 5.41) is 14.0. The monoisotopic (exact) mass is 493 g/mol. The number of benzene rings is 3. The summed E-state index contributed by atoms with van der Waals surface area (Å²) in [6.07, 6.45) is 0. The summed E-state index contributed by atoms with van der Waals surface area (Å²) in [5.74, 6) is 0.0671. The van der Waals surface area contributed by atoms with Crippen molar-refractivity contribution >= 4 is 46.5 Å². The van der Waals surface area contributed by atoms with Crippen LogP contribution in [0.1, 0.15) is 34.0 Å². The Morgan fingerprint density at radius 3 is 2.34 bits per heavy atom. The Morgan fingerprint density at radius 2 is 1.66 bits per heavy atom. The van der Waals surface area contributed by atoms with E-state index in [4.69, 9.17) is 44.3 Å². The van der Waals surface area contributed by atoms with Gasteiger partial charge >= 0.3 is 5.97 Å². The molecule has 0 unspecified atom stereocenters. The van der Waals surface area contributed by atoms with Crippen molar-refractivity contribution < 1.29 is 19.4 Å². The van der Waals surface area contributed by atoms with Crippen molar-refractivity contribution in [2.75, 3.05) is 11.9 Å². The molecule has 0 amide bonds. The standard InChI is InChI=1S/C24H22Cl3NO4/c1-3-31-22-9-17(12-28-21-8-15(24(29)30)5-4-14(21)2)20(27)11-23(22)32-13-16-6-7-18(25)10-19(16)26/h4-11,28H,3,12-13H2,1-2H3,(H,29,30). The lowest BCUT2D eigenvalue weighted by atomic mass is 10.1. The molecule has 8 heteroatoms. The van der Waals surface area contributed by atoms with Crippen molar-refractivity contribution in [1.29, 1.82) is 0 Å². The van der Waals surface area contributed by atoms with Gasteiger partial charge in [0.15, 0.2) is 11.5 Å². The molecule has 0 saturated carbocycles. The third kappa shape index (κ3) is 6.00. The molecule has 0 fully saturated rings. The Hall–Kier alpha value is -2.60. The van der Waals surface area contributed by atoms with Gasteiger partial charge in [0, 0.05) is 38.9 Å². The number of hydrogen-bond donors (Lipinski definition) is 2. The highest BCUT2D eigenvalue weighted by atomic mass is 35.5. The second-order valence-corrected chi connectivity index (χ2v) is 8.29. The van der Waals surface area contributed by atoms with Crippen molar-refractivity contribution in [1.82, 2.24) is 0 Å². The zero-order valence-corrected chi connectivity index (χ0v) is 19.8. The van der Waals surface area contributed by atoms with Crippen LogP contribution in [-0.2, 0) is 13.2 Å². The highest BCUT2D eigenvalue weighted by molar-refractivity contribution is 6.35. The molecule has 0 aliphatic heterocycles. The van der Waals surface area contributed by atoms with Crippen LogP contribution in [0.15, 0.2) is 48.5 Å². The fourth-order valence-electron chi connectivity index (χ4n) is 3.02. The first-order valence-corrected chi connectivity index (χ1v) is 11.0. The Morgan fingerprint density at radius 1 is 0.938 bits per heavy atom. The average Bonchev–Trinajstić information content (AvgIpc) is 2.74. The predicted molar refractivity (Wildman–Crippen MR) is 129 cm³/mol. The van der Waals surface area contributed by atoms with Crippen molar-refractivity contribution in [2.45, 2.75) is 27.0 Å². The fourth-order valence-corrected chi connectivity index (χ4v) is 3.71.